The van der Waals surface area contributed by atoms with Gasteiger partial charge in [-0.05, 0) is 17.4 Å². The molecule has 17 heavy (non-hydrogen) atoms. The van der Waals surface area contributed by atoms with Crippen molar-refractivity contribution in [2.24, 2.45) is 5.41 Å². The predicted octanol–water partition coefficient (Wildman–Crippen LogP) is 1.69. The van der Waals surface area contributed by atoms with Crippen molar-refractivity contribution in [1.82, 2.24) is 10.6 Å². The molecule has 1 aliphatic rings. The van der Waals surface area contributed by atoms with Crippen LogP contribution in [0.15, 0.2) is 30.3 Å². The zero-order valence-corrected chi connectivity index (χ0v) is 10.7. The maximum Gasteiger partial charge on any atom is 0.238 e. The van der Waals surface area contributed by atoms with Crippen LogP contribution in [-0.4, -0.2) is 18.1 Å². The molecule has 0 aromatic heterocycles. The Bertz CT molecular complexity index is 394. The molecule has 1 heterocycles. The zero-order valence-electron chi connectivity index (χ0n) is 10.7. The minimum Gasteiger partial charge on any atom is -0.339 e. The maximum absolute atomic E-state index is 11.9. The molecule has 1 saturated heterocycles. The second-order valence-electron chi connectivity index (χ2n) is 5.72. The van der Waals surface area contributed by atoms with Crippen LogP contribution >= 0.6 is 0 Å². The molecule has 2 rings (SSSR count). The topological polar surface area (TPSA) is 41.1 Å². The van der Waals surface area contributed by atoms with E-state index in [9.17, 15) is 4.79 Å². The molecule has 1 fully saturated rings. The van der Waals surface area contributed by atoms with E-state index in [2.05, 4.69) is 43.5 Å². The molecule has 3 nitrogen and oxygen atoms in total. The summed E-state index contributed by atoms with van der Waals surface area (Å²) in [6.45, 7) is 6.36. The molecule has 1 aliphatic heterocycles. The monoisotopic (exact) mass is 232 g/mol. The molecular weight excluding hydrogens is 212 g/mol. The van der Waals surface area contributed by atoms with E-state index in [4.69, 9.17) is 0 Å². The van der Waals surface area contributed by atoms with E-state index in [-0.39, 0.29) is 23.5 Å². The van der Waals surface area contributed by atoms with Crippen molar-refractivity contribution >= 4 is 5.91 Å². The second-order valence-corrected chi connectivity index (χ2v) is 5.72. The quantitative estimate of drug-likeness (QED) is 0.814. The number of nitrogens with one attached hydrogen (secondary N) is 2. The lowest BCUT2D eigenvalue weighted by Crippen LogP contribution is -2.44. The van der Waals surface area contributed by atoms with Crippen LogP contribution in [0.5, 0.6) is 0 Å². The van der Waals surface area contributed by atoms with Gasteiger partial charge in [0.25, 0.3) is 0 Å². The Kier molecular flexibility index (Phi) is 3.20. The molecule has 3 heteroatoms. The van der Waals surface area contributed by atoms with Gasteiger partial charge in [0.1, 0.15) is 0 Å². The van der Waals surface area contributed by atoms with Crippen LogP contribution in [0.1, 0.15) is 26.3 Å². The molecule has 0 unspecified atom stereocenters. The van der Waals surface area contributed by atoms with E-state index in [1.807, 2.05) is 18.2 Å². The molecule has 0 spiro atoms. The number of hydrogen-bond acceptors (Lipinski definition) is 2. The summed E-state index contributed by atoms with van der Waals surface area (Å²) in [5.41, 5.74) is 1.23. The summed E-state index contributed by atoms with van der Waals surface area (Å²) in [5.74, 6) is 0.105. The number of carbonyl (C=O) groups excluding carboxylic acids is 1. The molecule has 2 N–H and O–H groups in total. The highest BCUT2D eigenvalue weighted by Crippen LogP contribution is 2.21. The average molecular weight is 232 g/mol. The van der Waals surface area contributed by atoms with E-state index in [1.165, 1.54) is 5.56 Å². The lowest BCUT2D eigenvalue weighted by Gasteiger charge is -2.26. The first-order valence-corrected chi connectivity index (χ1v) is 6.07. The summed E-state index contributed by atoms with van der Waals surface area (Å²) in [7, 11) is 0. The Morgan fingerprint density at radius 3 is 2.35 bits per heavy atom. The van der Waals surface area contributed by atoms with Gasteiger partial charge in [-0.15, -0.1) is 0 Å². The van der Waals surface area contributed by atoms with Gasteiger partial charge in [0.05, 0.1) is 12.2 Å². The Hall–Kier alpha value is -1.35. The first-order chi connectivity index (χ1) is 7.97. The predicted molar refractivity (Wildman–Crippen MR) is 68.5 cm³/mol. The van der Waals surface area contributed by atoms with Crippen molar-refractivity contribution < 1.29 is 4.79 Å². The molecule has 0 bridgehead atoms. The van der Waals surface area contributed by atoms with Gasteiger partial charge in [-0.25, -0.2) is 0 Å². The van der Waals surface area contributed by atoms with Crippen LogP contribution in [0.2, 0.25) is 0 Å². The van der Waals surface area contributed by atoms with Crippen molar-refractivity contribution in [3.63, 3.8) is 0 Å². The fourth-order valence-electron chi connectivity index (χ4n) is 2.03. The molecule has 2 atom stereocenters. The van der Waals surface area contributed by atoms with E-state index >= 15 is 0 Å². The first kappa shape index (κ1) is 12.1. The second kappa shape index (κ2) is 4.49. The van der Waals surface area contributed by atoms with Gasteiger partial charge in [0.2, 0.25) is 5.91 Å². The van der Waals surface area contributed by atoms with Crippen LogP contribution in [0.4, 0.5) is 0 Å². The molecule has 92 valence electrons. The standard InChI is InChI=1S/C14H20N2O/c1-14(2,3)13-15-11(12(17)16-13)9-10-7-5-4-6-8-10/h4-8,11,13,15H,9H2,1-3H3,(H,16,17)/t11-,13-/m0/s1. The Morgan fingerprint density at radius 1 is 1.18 bits per heavy atom. The van der Waals surface area contributed by atoms with Crippen LogP contribution in [0.25, 0.3) is 0 Å². The summed E-state index contributed by atoms with van der Waals surface area (Å²) < 4.78 is 0. The number of rotatable bonds is 2. The summed E-state index contributed by atoms with van der Waals surface area (Å²) >= 11 is 0. The first-order valence-electron chi connectivity index (χ1n) is 6.07. The Balaban J connectivity index is 2.02. The highest BCUT2D eigenvalue weighted by molar-refractivity contribution is 5.84. The van der Waals surface area contributed by atoms with Crippen LogP contribution in [-0.2, 0) is 11.2 Å². The Morgan fingerprint density at radius 2 is 1.82 bits per heavy atom. The number of benzene rings is 1. The van der Waals surface area contributed by atoms with Gasteiger partial charge in [-0.1, -0.05) is 51.1 Å². The van der Waals surface area contributed by atoms with Gasteiger partial charge in [-0.2, -0.15) is 0 Å². The fourth-order valence-corrected chi connectivity index (χ4v) is 2.03. The lowest BCUT2D eigenvalue weighted by atomic mass is 9.93. The maximum atomic E-state index is 11.9. The summed E-state index contributed by atoms with van der Waals surface area (Å²) in [6, 6.07) is 10.00. The SMILES string of the molecule is CC(C)(C)[C@@H]1NC(=O)[C@H](Cc2ccccc2)N1. The third kappa shape index (κ3) is 2.86. The van der Waals surface area contributed by atoms with Crippen molar-refractivity contribution in [2.75, 3.05) is 0 Å². The normalized spacial score (nSPS) is 24.8. The summed E-state index contributed by atoms with van der Waals surface area (Å²) in [6.07, 6.45) is 0.808. The van der Waals surface area contributed by atoms with E-state index in [0.717, 1.165) is 6.42 Å². The molecule has 0 radical (unpaired) electrons. The van der Waals surface area contributed by atoms with Crippen LogP contribution in [0.3, 0.4) is 0 Å². The smallest absolute Gasteiger partial charge is 0.238 e. The molecular formula is C14H20N2O. The molecule has 1 aromatic carbocycles. The molecule has 0 saturated carbocycles. The minimum atomic E-state index is -0.110. The van der Waals surface area contributed by atoms with Gasteiger partial charge >= 0.3 is 0 Å². The molecule has 0 aliphatic carbocycles. The number of amides is 1. The van der Waals surface area contributed by atoms with Crippen molar-refractivity contribution in [1.29, 1.82) is 0 Å². The van der Waals surface area contributed by atoms with Crippen LogP contribution < -0.4 is 10.6 Å². The van der Waals surface area contributed by atoms with Gasteiger partial charge < -0.3 is 5.32 Å². The largest absolute Gasteiger partial charge is 0.339 e. The summed E-state index contributed by atoms with van der Waals surface area (Å²) in [5, 5.41) is 6.38. The highest BCUT2D eigenvalue weighted by Gasteiger charge is 2.37. The zero-order chi connectivity index (χ0) is 12.5. The number of carbonyl (C=O) groups is 1. The third-order valence-corrected chi connectivity index (χ3v) is 3.12. The minimum absolute atomic E-state index is 0.0428. The van der Waals surface area contributed by atoms with Crippen molar-refractivity contribution in [3.8, 4) is 0 Å². The van der Waals surface area contributed by atoms with E-state index in [1.54, 1.807) is 0 Å². The van der Waals surface area contributed by atoms with Gasteiger partial charge in [0.15, 0.2) is 0 Å². The average Bonchev–Trinajstić information content (AvgIpc) is 2.62. The van der Waals surface area contributed by atoms with E-state index in [0.29, 0.717) is 0 Å². The van der Waals surface area contributed by atoms with Crippen molar-refractivity contribution in [2.45, 2.75) is 39.4 Å². The molecule has 1 aromatic rings. The highest BCUT2D eigenvalue weighted by atomic mass is 16.2. The van der Waals surface area contributed by atoms with Crippen LogP contribution in [0, 0.1) is 5.41 Å². The number of hydrogen-bond donors (Lipinski definition) is 2. The van der Waals surface area contributed by atoms with E-state index < -0.39 is 0 Å². The summed E-state index contributed by atoms with van der Waals surface area (Å²) in [4.78, 5) is 11.9. The fraction of sp³-hybridized carbons (Fsp3) is 0.500. The van der Waals surface area contributed by atoms with Gasteiger partial charge in [0, 0.05) is 0 Å². The third-order valence-electron chi connectivity index (χ3n) is 3.12. The molecule has 1 amide bonds. The van der Waals surface area contributed by atoms with Gasteiger partial charge in [-0.3, -0.25) is 10.1 Å². The Labute approximate surface area is 103 Å². The lowest BCUT2D eigenvalue weighted by molar-refractivity contribution is -0.120. The van der Waals surface area contributed by atoms with Crippen molar-refractivity contribution in [3.05, 3.63) is 35.9 Å².